The predicted molar refractivity (Wildman–Crippen MR) is 103 cm³/mol. The second-order valence-electron chi connectivity index (χ2n) is 7.43. The Morgan fingerprint density at radius 3 is 2.54 bits per heavy atom. The smallest absolute Gasteiger partial charge is 0.259 e. The number of hydrogen-bond acceptors (Lipinski definition) is 6. The molecule has 0 aliphatic heterocycles. The van der Waals surface area contributed by atoms with Crippen LogP contribution in [0.25, 0.3) is 11.3 Å². The molecule has 2 amide bonds. The fraction of sp³-hybridized carbons (Fsp3) is 0.421. The van der Waals surface area contributed by atoms with Gasteiger partial charge in [-0.15, -0.1) is 0 Å². The van der Waals surface area contributed by atoms with Gasteiger partial charge in [0.2, 0.25) is 5.91 Å². The maximum atomic E-state index is 13.7. The van der Waals surface area contributed by atoms with Crippen molar-refractivity contribution in [3.05, 3.63) is 29.6 Å². The summed E-state index contributed by atoms with van der Waals surface area (Å²) in [6.07, 6.45) is 0. The van der Waals surface area contributed by atoms with Crippen LogP contribution in [0.3, 0.4) is 0 Å². The van der Waals surface area contributed by atoms with E-state index in [0.29, 0.717) is 5.56 Å². The minimum absolute atomic E-state index is 0.0104. The summed E-state index contributed by atoms with van der Waals surface area (Å²) in [5, 5.41) is 9.27. The van der Waals surface area contributed by atoms with Gasteiger partial charge in [-0.25, -0.2) is 4.39 Å². The molecule has 0 saturated heterocycles. The number of benzene rings is 1. The molecule has 152 valence electrons. The highest BCUT2D eigenvalue weighted by atomic mass is 19.1. The number of nitrogens with one attached hydrogen (secondary N) is 2. The van der Waals surface area contributed by atoms with Crippen molar-refractivity contribution in [2.24, 2.45) is 0 Å². The van der Waals surface area contributed by atoms with Crippen LogP contribution in [0.2, 0.25) is 0 Å². The molecule has 0 radical (unpaired) electrons. The van der Waals surface area contributed by atoms with Crippen LogP contribution in [0.4, 0.5) is 10.2 Å². The van der Waals surface area contributed by atoms with Crippen LogP contribution < -0.4 is 20.3 Å². The lowest BCUT2D eigenvalue weighted by atomic mass is 10.1. The molecule has 1 heterocycles. The van der Waals surface area contributed by atoms with Crippen molar-refractivity contribution < 1.29 is 23.2 Å². The Morgan fingerprint density at radius 2 is 1.96 bits per heavy atom. The summed E-state index contributed by atoms with van der Waals surface area (Å²) < 4.78 is 24.1. The van der Waals surface area contributed by atoms with Gasteiger partial charge in [-0.05, 0) is 39.0 Å². The van der Waals surface area contributed by atoms with Gasteiger partial charge in [0.25, 0.3) is 5.91 Å². The zero-order chi connectivity index (χ0) is 21.1. The molecule has 0 unspecified atom stereocenters. The number of aromatic nitrogens is 1. The molecule has 1 aromatic heterocycles. The van der Waals surface area contributed by atoms with E-state index in [1.165, 1.54) is 25.3 Å². The minimum Gasteiger partial charge on any atom is -0.494 e. The van der Waals surface area contributed by atoms with Gasteiger partial charge in [-0.3, -0.25) is 9.59 Å². The van der Waals surface area contributed by atoms with E-state index < -0.39 is 17.3 Å². The maximum absolute atomic E-state index is 13.7. The molecule has 2 aromatic rings. The molecule has 28 heavy (non-hydrogen) atoms. The van der Waals surface area contributed by atoms with Crippen LogP contribution in [0.15, 0.2) is 22.7 Å². The van der Waals surface area contributed by atoms with Gasteiger partial charge in [-0.2, -0.15) is 0 Å². The van der Waals surface area contributed by atoms with Crippen LogP contribution in [-0.2, 0) is 4.79 Å². The number of carbonyl (C=O) groups is 2. The summed E-state index contributed by atoms with van der Waals surface area (Å²) in [6.45, 7) is 5.32. The Hall–Kier alpha value is -3.10. The monoisotopic (exact) mass is 392 g/mol. The SMILES string of the molecule is COc1cc(-c2onc(N(C)C)c2C(=O)NCC(=O)NC(C)(C)C)ccc1F. The Labute approximate surface area is 163 Å². The number of nitrogens with zero attached hydrogens (tertiary/aromatic N) is 2. The highest BCUT2D eigenvalue weighted by Gasteiger charge is 2.26. The largest absolute Gasteiger partial charge is 0.494 e. The Bertz CT molecular complexity index is 871. The lowest BCUT2D eigenvalue weighted by molar-refractivity contribution is -0.121. The maximum Gasteiger partial charge on any atom is 0.259 e. The molecule has 0 spiro atoms. The summed E-state index contributed by atoms with van der Waals surface area (Å²) >= 11 is 0. The fourth-order valence-electron chi connectivity index (χ4n) is 2.50. The number of ether oxygens (including phenoxy) is 1. The third-order valence-electron chi connectivity index (χ3n) is 3.66. The van der Waals surface area contributed by atoms with E-state index in [1.54, 1.807) is 19.0 Å². The van der Waals surface area contributed by atoms with Crippen molar-refractivity contribution in [3.8, 4) is 17.1 Å². The number of methoxy groups -OCH3 is 1. The first kappa shape index (κ1) is 21.2. The van der Waals surface area contributed by atoms with E-state index in [4.69, 9.17) is 9.26 Å². The third kappa shape index (κ3) is 4.99. The summed E-state index contributed by atoms with van der Waals surface area (Å²) in [5.41, 5.74) is 0.147. The van der Waals surface area contributed by atoms with Crippen LogP contribution in [0.1, 0.15) is 31.1 Å². The molecule has 0 atom stereocenters. The van der Waals surface area contributed by atoms with Gasteiger partial charge in [-0.1, -0.05) is 5.16 Å². The normalized spacial score (nSPS) is 11.1. The Morgan fingerprint density at radius 1 is 1.29 bits per heavy atom. The molecule has 9 heteroatoms. The number of halogens is 1. The molecular formula is C19H25FN4O4. The Kier molecular flexibility index (Phi) is 6.27. The highest BCUT2D eigenvalue weighted by molar-refractivity contribution is 6.05. The van der Waals surface area contributed by atoms with Crippen molar-refractivity contribution >= 4 is 17.6 Å². The molecule has 0 saturated carbocycles. The van der Waals surface area contributed by atoms with E-state index in [2.05, 4.69) is 15.8 Å². The topological polar surface area (TPSA) is 96.7 Å². The van der Waals surface area contributed by atoms with Crippen LogP contribution in [-0.4, -0.2) is 50.3 Å². The molecule has 8 nitrogen and oxygen atoms in total. The third-order valence-corrected chi connectivity index (χ3v) is 3.66. The first-order valence-corrected chi connectivity index (χ1v) is 8.63. The van der Waals surface area contributed by atoms with Gasteiger partial charge in [0.15, 0.2) is 23.1 Å². The zero-order valence-corrected chi connectivity index (χ0v) is 16.8. The van der Waals surface area contributed by atoms with Crippen LogP contribution in [0.5, 0.6) is 5.75 Å². The lowest BCUT2D eigenvalue weighted by Gasteiger charge is -2.20. The first-order valence-electron chi connectivity index (χ1n) is 8.63. The average Bonchev–Trinajstić information content (AvgIpc) is 3.04. The van der Waals surface area contributed by atoms with Gasteiger partial charge < -0.3 is 24.8 Å². The standard InChI is InChI=1S/C19H25FN4O4/c1-19(2,3)22-14(25)10-21-18(26)15-16(28-23-17(15)24(4)5)11-7-8-12(20)13(9-11)27-6/h7-9H,10H2,1-6H3,(H,21,26)(H,22,25). The van der Waals surface area contributed by atoms with Crippen molar-refractivity contribution in [2.45, 2.75) is 26.3 Å². The van der Waals surface area contributed by atoms with Gasteiger partial charge in [0.1, 0.15) is 5.56 Å². The van der Waals surface area contributed by atoms with Gasteiger partial charge in [0, 0.05) is 25.2 Å². The van der Waals surface area contributed by atoms with E-state index >= 15 is 0 Å². The molecule has 2 N–H and O–H groups in total. The van der Waals surface area contributed by atoms with Gasteiger partial charge in [0.05, 0.1) is 13.7 Å². The molecule has 1 aromatic carbocycles. The lowest BCUT2D eigenvalue weighted by Crippen LogP contribution is -2.45. The first-order chi connectivity index (χ1) is 13.0. The second kappa shape index (κ2) is 8.28. The van der Waals surface area contributed by atoms with E-state index in [9.17, 15) is 14.0 Å². The molecule has 0 aliphatic carbocycles. The van der Waals surface area contributed by atoms with Gasteiger partial charge >= 0.3 is 0 Å². The number of anilines is 1. The summed E-state index contributed by atoms with van der Waals surface area (Å²) in [7, 11) is 4.75. The number of amides is 2. The molecular weight excluding hydrogens is 367 g/mol. The average molecular weight is 392 g/mol. The Balaban J connectivity index is 2.33. The van der Waals surface area contributed by atoms with Crippen LogP contribution in [0, 0.1) is 5.82 Å². The highest BCUT2D eigenvalue weighted by Crippen LogP contribution is 2.33. The summed E-state index contributed by atoms with van der Waals surface area (Å²) in [5.74, 6) is -0.955. The fourth-order valence-corrected chi connectivity index (χ4v) is 2.50. The van der Waals surface area contributed by atoms with E-state index in [0.717, 1.165) is 0 Å². The number of hydrogen-bond donors (Lipinski definition) is 2. The molecule has 0 fully saturated rings. The van der Waals surface area contributed by atoms with Crippen LogP contribution >= 0.6 is 0 Å². The number of rotatable bonds is 6. The van der Waals surface area contributed by atoms with Crippen molar-refractivity contribution in [1.29, 1.82) is 0 Å². The summed E-state index contributed by atoms with van der Waals surface area (Å²) in [6, 6.07) is 4.09. The zero-order valence-electron chi connectivity index (χ0n) is 16.8. The summed E-state index contributed by atoms with van der Waals surface area (Å²) in [4.78, 5) is 26.4. The molecule has 0 aliphatic rings. The van der Waals surface area contributed by atoms with E-state index in [-0.39, 0.29) is 35.3 Å². The molecule has 0 bridgehead atoms. The molecule has 2 rings (SSSR count). The van der Waals surface area contributed by atoms with E-state index in [1.807, 2.05) is 20.8 Å². The van der Waals surface area contributed by atoms with Crippen molar-refractivity contribution in [3.63, 3.8) is 0 Å². The van der Waals surface area contributed by atoms with Crippen molar-refractivity contribution in [2.75, 3.05) is 32.6 Å². The predicted octanol–water partition coefficient (Wildman–Crippen LogP) is 2.20. The number of carbonyl (C=O) groups excluding carboxylic acids is 2. The second-order valence-corrected chi connectivity index (χ2v) is 7.43. The quantitative estimate of drug-likeness (QED) is 0.782. The minimum atomic E-state index is -0.538. The van der Waals surface area contributed by atoms with Crippen molar-refractivity contribution in [1.82, 2.24) is 15.8 Å².